The third-order valence-electron chi connectivity index (χ3n) is 1.46. The molecule has 0 spiro atoms. The van der Waals surface area contributed by atoms with Gasteiger partial charge in [0.25, 0.3) is 0 Å². The number of pyridine rings is 1. The summed E-state index contributed by atoms with van der Waals surface area (Å²) >= 11 is 0. The first-order valence-corrected chi connectivity index (χ1v) is 3.19. The molecular weight excluding hydrogens is 144 g/mol. The van der Waals surface area contributed by atoms with Crippen LogP contribution in [-0.2, 0) is 0 Å². The first-order valence-electron chi connectivity index (χ1n) is 3.19. The summed E-state index contributed by atoms with van der Waals surface area (Å²) in [6.07, 6.45) is 0. The van der Waals surface area contributed by atoms with Crippen molar-refractivity contribution in [2.24, 2.45) is 5.18 Å². The number of nitroso groups, excluding NO2 is 1. The van der Waals surface area contributed by atoms with Crippen LogP contribution in [0.25, 0.3) is 0 Å². The van der Waals surface area contributed by atoms with Crippen LogP contribution in [0.3, 0.4) is 0 Å². The second-order valence-electron chi connectivity index (χ2n) is 2.38. The van der Waals surface area contributed by atoms with Crippen LogP contribution >= 0.6 is 0 Å². The van der Waals surface area contributed by atoms with Gasteiger partial charge in [-0.2, -0.15) is 4.73 Å². The smallest absolute Gasteiger partial charge is 0.192 e. The average Bonchev–Trinajstić information content (AvgIpc) is 1.99. The Bertz CT molecular complexity index is 273. The van der Waals surface area contributed by atoms with Crippen molar-refractivity contribution in [1.82, 2.24) is 0 Å². The Hall–Kier alpha value is -1.45. The molecule has 4 heteroatoms. The fraction of sp³-hybridized carbons (Fsp3) is 0.286. The Kier molecular flexibility index (Phi) is 1.85. The van der Waals surface area contributed by atoms with Gasteiger partial charge in [-0.25, -0.2) is 0 Å². The Morgan fingerprint density at radius 2 is 1.82 bits per heavy atom. The van der Waals surface area contributed by atoms with Crippen LogP contribution in [0.15, 0.2) is 17.3 Å². The molecule has 0 aromatic carbocycles. The molecule has 0 fully saturated rings. The first-order chi connectivity index (χ1) is 5.15. The van der Waals surface area contributed by atoms with E-state index in [1.807, 2.05) is 0 Å². The highest BCUT2D eigenvalue weighted by atomic mass is 16.5. The predicted octanol–water partition coefficient (Wildman–Crippen LogP) is 1.33. The van der Waals surface area contributed by atoms with Crippen molar-refractivity contribution in [2.45, 2.75) is 13.8 Å². The van der Waals surface area contributed by atoms with E-state index in [0.29, 0.717) is 17.1 Å². The molecular formula is C7H8N2O2. The average molecular weight is 152 g/mol. The van der Waals surface area contributed by atoms with E-state index >= 15 is 0 Å². The van der Waals surface area contributed by atoms with Gasteiger partial charge in [0.05, 0.1) is 0 Å². The molecule has 4 nitrogen and oxygen atoms in total. The van der Waals surface area contributed by atoms with Gasteiger partial charge >= 0.3 is 0 Å². The number of aromatic nitrogens is 1. The minimum absolute atomic E-state index is 0.298. The molecule has 11 heavy (non-hydrogen) atoms. The van der Waals surface area contributed by atoms with E-state index in [1.54, 1.807) is 13.8 Å². The Balaban J connectivity index is 3.31. The number of hydrogen-bond acceptors (Lipinski definition) is 3. The lowest BCUT2D eigenvalue weighted by Gasteiger charge is -2.02. The summed E-state index contributed by atoms with van der Waals surface area (Å²) in [7, 11) is 0. The second kappa shape index (κ2) is 2.65. The quantitative estimate of drug-likeness (QED) is 0.346. The van der Waals surface area contributed by atoms with Crippen molar-refractivity contribution >= 4 is 5.69 Å². The molecule has 0 bridgehead atoms. The molecule has 0 aliphatic heterocycles. The third kappa shape index (κ3) is 1.34. The topological polar surface area (TPSA) is 56.4 Å². The van der Waals surface area contributed by atoms with E-state index in [0.717, 1.165) is 4.73 Å². The number of nitrogens with zero attached hydrogens (tertiary/aromatic N) is 2. The van der Waals surface area contributed by atoms with Crippen molar-refractivity contribution in [3.63, 3.8) is 0 Å². The Morgan fingerprint density at radius 1 is 1.36 bits per heavy atom. The normalized spacial score (nSPS) is 9.64. The van der Waals surface area contributed by atoms with Gasteiger partial charge in [0.2, 0.25) is 0 Å². The molecule has 0 unspecified atom stereocenters. The number of rotatable bonds is 1. The van der Waals surface area contributed by atoms with Gasteiger partial charge < -0.3 is 5.21 Å². The van der Waals surface area contributed by atoms with Crippen LogP contribution in [0.1, 0.15) is 11.4 Å². The van der Waals surface area contributed by atoms with Crippen LogP contribution in [0.2, 0.25) is 0 Å². The van der Waals surface area contributed by atoms with E-state index < -0.39 is 0 Å². The lowest BCUT2D eigenvalue weighted by molar-refractivity contribution is -0.619. The monoisotopic (exact) mass is 152 g/mol. The molecule has 0 saturated heterocycles. The van der Waals surface area contributed by atoms with Crippen molar-refractivity contribution in [3.05, 3.63) is 33.6 Å². The molecule has 0 amide bonds. The van der Waals surface area contributed by atoms with E-state index in [2.05, 4.69) is 5.18 Å². The van der Waals surface area contributed by atoms with Gasteiger partial charge in [-0.15, -0.1) is 4.91 Å². The molecule has 0 aliphatic rings. The van der Waals surface area contributed by atoms with Gasteiger partial charge in [0.1, 0.15) is 5.69 Å². The number of hydrogen-bond donors (Lipinski definition) is 0. The first kappa shape index (κ1) is 7.65. The highest BCUT2D eigenvalue weighted by Crippen LogP contribution is 2.11. The zero-order valence-electron chi connectivity index (χ0n) is 6.37. The van der Waals surface area contributed by atoms with Gasteiger partial charge in [-0.05, 0) is 5.18 Å². The molecule has 0 atom stereocenters. The molecule has 1 rings (SSSR count). The summed E-state index contributed by atoms with van der Waals surface area (Å²) in [4.78, 5) is 10.1. The van der Waals surface area contributed by atoms with Crippen molar-refractivity contribution in [3.8, 4) is 0 Å². The molecule has 58 valence electrons. The molecule has 1 heterocycles. The molecule has 0 N–H and O–H groups in total. The molecule has 0 radical (unpaired) electrons. The Labute approximate surface area is 64.0 Å². The maximum atomic E-state index is 11.0. The van der Waals surface area contributed by atoms with E-state index in [-0.39, 0.29) is 0 Å². The summed E-state index contributed by atoms with van der Waals surface area (Å²) in [6, 6.07) is 2.90. The maximum absolute atomic E-state index is 11.0. The van der Waals surface area contributed by atoms with Crippen molar-refractivity contribution in [2.75, 3.05) is 0 Å². The standard InChI is InChI=1S/C7H8N2O2/c1-5-3-7(8-10)4-6(2)9(5)11/h3-4H,1-2H3. The molecule has 0 saturated carbocycles. The van der Waals surface area contributed by atoms with Crippen LogP contribution in [0.4, 0.5) is 5.69 Å². The lowest BCUT2D eigenvalue weighted by Crippen LogP contribution is -2.33. The van der Waals surface area contributed by atoms with Crippen molar-refractivity contribution in [1.29, 1.82) is 0 Å². The highest BCUT2D eigenvalue weighted by molar-refractivity contribution is 5.36. The van der Waals surface area contributed by atoms with Crippen LogP contribution < -0.4 is 4.73 Å². The molecule has 1 aromatic heterocycles. The fourth-order valence-electron chi connectivity index (χ4n) is 0.918. The number of aryl methyl sites for hydroxylation is 2. The maximum Gasteiger partial charge on any atom is 0.192 e. The summed E-state index contributed by atoms with van der Waals surface area (Å²) in [5, 5.41) is 13.7. The van der Waals surface area contributed by atoms with Crippen LogP contribution in [-0.4, -0.2) is 0 Å². The lowest BCUT2D eigenvalue weighted by atomic mass is 10.3. The molecule has 0 aliphatic carbocycles. The van der Waals surface area contributed by atoms with Crippen LogP contribution in [0.5, 0.6) is 0 Å². The summed E-state index contributed by atoms with van der Waals surface area (Å²) in [5.41, 5.74) is 1.27. The largest absolute Gasteiger partial charge is 0.618 e. The third-order valence-corrected chi connectivity index (χ3v) is 1.46. The summed E-state index contributed by atoms with van der Waals surface area (Å²) in [5.74, 6) is 0. The molecule has 1 aromatic rings. The Morgan fingerprint density at radius 3 is 2.18 bits per heavy atom. The van der Waals surface area contributed by atoms with Gasteiger partial charge in [-0.1, -0.05) is 0 Å². The predicted molar refractivity (Wildman–Crippen MR) is 40.3 cm³/mol. The minimum Gasteiger partial charge on any atom is -0.618 e. The summed E-state index contributed by atoms with van der Waals surface area (Å²) < 4.78 is 0.759. The van der Waals surface area contributed by atoms with Gasteiger partial charge in [-0.3, -0.25) is 0 Å². The van der Waals surface area contributed by atoms with Crippen molar-refractivity contribution < 1.29 is 4.73 Å². The van der Waals surface area contributed by atoms with Crippen LogP contribution in [0, 0.1) is 24.0 Å². The van der Waals surface area contributed by atoms with E-state index in [1.165, 1.54) is 12.1 Å². The SMILES string of the molecule is Cc1cc(N=O)cc(C)[n+]1[O-]. The zero-order chi connectivity index (χ0) is 8.43. The zero-order valence-corrected chi connectivity index (χ0v) is 6.37. The van der Waals surface area contributed by atoms with E-state index in [9.17, 15) is 10.1 Å². The summed E-state index contributed by atoms with van der Waals surface area (Å²) in [6.45, 7) is 3.27. The van der Waals surface area contributed by atoms with E-state index in [4.69, 9.17) is 0 Å². The highest BCUT2D eigenvalue weighted by Gasteiger charge is 2.05. The fourth-order valence-corrected chi connectivity index (χ4v) is 0.918. The second-order valence-corrected chi connectivity index (χ2v) is 2.38. The van der Waals surface area contributed by atoms with Gasteiger partial charge in [0.15, 0.2) is 11.4 Å². The minimum atomic E-state index is 0.298. The van der Waals surface area contributed by atoms with Gasteiger partial charge in [0, 0.05) is 26.0 Å².